The summed E-state index contributed by atoms with van der Waals surface area (Å²) in [6, 6.07) is 5.01. The molecule has 270 valence electrons. The van der Waals surface area contributed by atoms with Crippen LogP contribution in [0.2, 0.25) is 5.02 Å². The second kappa shape index (κ2) is 15.4. The Kier molecular flexibility index (Phi) is 11.6. The molecule has 4 fully saturated rings. The highest BCUT2D eigenvalue weighted by molar-refractivity contribution is 6.31. The van der Waals surface area contributed by atoms with E-state index in [-0.39, 0.29) is 56.1 Å². The number of aliphatic hydroxyl groups is 1. The molecule has 0 bridgehead atoms. The second-order valence-electron chi connectivity index (χ2n) is 15.9. The Morgan fingerprint density at radius 1 is 1.08 bits per heavy atom. The monoisotopic (exact) mass is 700 g/mol. The van der Waals surface area contributed by atoms with Crippen molar-refractivity contribution in [3.63, 3.8) is 0 Å². The topological polar surface area (TPSA) is 145 Å². The van der Waals surface area contributed by atoms with Gasteiger partial charge >= 0.3 is 5.97 Å². The molecule has 2 aliphatic heterocycles. The van der Waals surface area contributed by atoms with E-state index in [1.54, 1.807) is 29.2 Å². The summed E-state index contributed by atoms with van der Waals surface area (Å²) in [5, 5.41) is 17.2. The molecule has 49 heavy (non-hydrogen) atoms. The lowest BCUT2D eigenvalue weighted by molar-refractivity contribution is -0.166. The summed E-state index contributed by atoms with van der Waals surface area (Å²) in [6.07, 6.45) is 5.77. The standard InChI is InChI=1S/C37H53ClN4O7/c1-5-10-28(31(45)33(46)39-25-15-16-25)49-35(48)27-19-37(20-30(44)41(21-37)26-14-9-13-24(38)18-26)22-42(27)34(47)32(36(2,3)4)40-29(43)17-23-11-7-6-8-12-23/h9,13-14,18,23,25,27-28,31-32,45H,5-8,10-12,15-17,19-22H2,1-4H3,(H,39,46)(H,40,43)/t27-,28-,31?,32+,37+/m0/s1. The first-order valence-corrected chi connectivity index (χ1v) is 18.4. The summed E-state index contributed by atoms with van der Waals surface area (Å²) in [5.74, 6) is -1.80. The zero-order chi connectivity index (χ0) is 35.5. The molecule has 2 saturated heterocycles. The number of nitrogens with zero attached hydrogens (tertiary/aromatic N) is 2. The number of hydrogen-bond donors (Lipinski definition) is 3. The fourth-order valence-electron chi connectivity index (χ4n) is 7.68. The number of carbonyl (C=O) groups excluding carboxylic acids is 5. The van der Waals surface area contributed by atoms with E-state index in [9.17, 15) is 29.1 Å². The number of esters is 1. The Balaban J connectivity index is 1.40. The van der Waals surface area contributed by atoms with Gasteiger partial charge in [0.05, 0.1) is 0 Å². The average molecular weight is 701 g/mol. The molecule has 3 N–H and O–H groups in total. The maximum Gasteiger partial charge on any atom is 0.329 e. The maximum absolute atomic E-state index is 14.6. The Hall–Kier alpha value is -3.18. The third-order valence-electron chi connectivity index (χ3n) is 10.5. The van der Waals surface area contributed by atoms with Crippen LogP contribution >= 0.6 is 11.6 Å². The van der Waals surface area contributed by atoms with Crippen LogP contribution in [0.4, 0.5) is 5.69 Å². The van der Waals surface area contributed by atoms with E-state index in [1.165, 1.54) is 11.3 Å². The number of amides is 4. The van der Waals surface area contributed by atoms with Crippen LogP contribution in [0, 0.1) is 16.7 Å². The molecule has 11 nitrogen and oxygen atoms in total. The number of benzene rings is 1. The van der Waals surface area contributed by atoms with Gasteiger partial charge in [-0.1, -0.05) is 71.0 Å². The first-order chi connectivity index (χ1) is 23.2. The van der Waals surface area contributed by atoms with Crippen molar-refractivity contribution in [3.8, 4) is 0 Å². The summed E-state index contributed by atoms with van der Waals surface area (Å²) in [7, 11) is 0. The molecular formula is C37H53ClN4O7. The minimum atomic E-state index is -1.56. The zero-order valence-corrected chi connectivity index (χ0v) is 30.1. The molecule has 0 aromatic heterocycles. The third kappa shape index (κ3) is 9.14. The van der Waals surface area contributed by atoms with E-state index in [4.69, 9.17) is 16.3 Å². The van der Waals surface area contributed by atoms with Gasteiger partial charge in [-0.2, -0.15) is 0 Å². The molecule has 4 aliphatic rings. The molecule has 1 unspecified atom stereocenters. The van der Waals surface area contributed by atoms with E-state index in [0.29, 0.717) is 23.6 Å². The van der Waals surface area contributed by atoms with E-state index >= 15 is 0 Å². The van der Waals surface area contributed by atoms with Gasteiger partial charge in [0.1, 0.15) is 18.2 Å². The number of rotatable bonds is 12. The summed E-state index contributed by atoms with van der Waals surface area (Å²) >= 11 is 6.25. The van der Waals surface area contributed by atoms with Crippen molar-refractivity contribution in [2.45, 2.75) is 135 Å². The van der Waals surface area contributed by atoms with Crippen LogP contribution in [0.1, 0.15) is 105 Å². The molecule has 1 spiro atoms. The van der Waals surface area contributed by atoms with Gasteiger partial charge in [-0.15, -0.1) is 0 Å². The van der Waals surface area contributed by atoms with Crippen LogP contribution in [0.25, 0.3) is 0 Å². The van der Waals surface area contributed by atoms with E-state index in [0.717, 1.165) is 38.5 Å². The van der Waals surface area contributed by atoms with Crippen LogP contribution in [0.5, 0.6) is 0 Å². The second-order valence-corrected chi connectivity index (χ2v) is 16.3. The highest BCUT2D eigenvalue weighted by atomic mass is 35.5. The van der Waals surface area contributed by atoms with Gasteiger partial charge in [0.15, 0.2) is 6.10 Å². The van der Waals surface area contributed by atoms with Crippen molar-refractivity contribution in [1.82, 2.24) is 15.5 Å². The van der Waals surface area contributed by atoms with Crippen LogP contribution < -0.4 is 15.5 Å². The van der Waals surface area contributed by atoms with E-state index < -0.39 is 52.9 Å². The quantitative estimate of drug-likeness (QED) is 0.272. The summed E-state index contributed by atoms with van der Waals surface area (Å²) in [4.78, 5) is 71.4. The lowest BCUT2D eigenvalue weighted by Gasteiger charge is -2.36. The Morgan fingerprint density at radius 2 is 1.80 bits per heavy atom. The third-order valence-corrected chi connectivity index (χ3v) is 10.7. The van der Waals surface area contributed by atoms with Crippen molar-refractivity contribution in [2.75, 3.05) is 18.0 Å². The summed E-state index contributed by atoms with van der Waals surface area (Å²) in [5.41, 5.74) is -0.826. The molecule has 12 heteroatoms. The van der Waals surface area contributed by atoms with Gasteiger partial charge in [-0.25, -0.2) is 4.79 Å². The SMILES string of the molecule is CCC[C@H](OC(=O)[C@@H]1C[C@]2(CC(=O)N(c3cccc(Cl)c3)C2)CN1C(=O)[C@@H](NC(=O)CC1CCCCC1)C(C)(C)C)C(O)C(=O)NC1CC1. The van der Waals surface area contributed by atoms with Gasteiger partial charge in [0.2, 0.25) is 17.7 Å². The van der Waals surface area contributed by atoms with Crippen molar-refractivity contribution in [1.29, 1.82) is 0 Å². The fraction of sp³-hybridized carbons (Fsp3) is 0.703. The molecule has 2 heterocycles. The van der Waals surface area contributed by atoms with E-state index in [2.05, 4.69) is 10.6 Å². The lowest BCUT2D eigenvalue weighted by Crippen LogP contribution is -2.57. The Labute approximate surface area is 294 Å². The predicted molar refractivity (Wildman–Crippen MR) is 186 cm³/mol. The molecule has 5 atom stereocenters. The van der Waals surface area contributed by atoms with Crippen molar-refractivity contribution >= 4 is 46.9 Å². The number of carbonyl (C=O) groups is 5. The van der Waals surface area contributed by atoms with Gasteiger partial charge in [-0.05, 0) is 68.1 Å². The minimum Gasteiger partial charge on any atom is -0.458 e. The van der Waals surface area contributed by atoms with Crippen molar-refractivity contribution < 1.29 is 33.8 Å². The highest BCUT2D eigenvalue weighted by Crippen LogP contribution is 2.46. The highest BCUT2D eigenvalue weighted by Gasteiger charge is 2.56. The summed E-state index contributed by atoms with van der Waals surface area (Å²) in [6.45, 7) is 7.86. The molecule has 1 aromatic rings. The number of likely N-dealkylation sites (tertiary alicyclic amines) is 1. The van der Waals surface area contributed by atoms with Crippen LogP contribution in [-0.2, 0) is 28.7 Å². The van der Waals surface area contributed by atoms with Gasteiger partial charge in [-0.3, -0.25) is 19.2 Å². The average Bonchev–Trinajstić information content (AvgIpc) is 3.70. The van der Waals surface area contributed by atoms with Gasteiger partial charge in [0, 0.05) is 48.1 Å². The Bertz CT molecular complexity index is 1410. The predicted octanol–water partition coefficient (Wildman–Crippen LogP) is 4.52. The first kappa shape index (κ1) is 37.1. The molecule has 2 saturated carbocycles. The van der Waals surface area contributed by atoms with E-state index in [1.807, 2.05) is 27.7 Å². The van der Waals surface area contributed by atoms with Crippen molar-refractivity contribution in [3.05, 3.63) is 29.3 Å². The molecular weight excluding hydrogens is 648 g/mol. The summed E-state index contributed by atoms with van der Waals surface area (Å²) < 4.78 is 5.90. The smallest absolute Gasteiger partial charge is 0.329 e. The fourth-order valence-corrected chi connectivity index (χ4v) is 7.87. The number of aliphatic hydroxyl groups excluding tert-OH is 1. The minimum absolute atomic E-state index is 0.0212. The molecule has 0 radical (unpaired) electrons. The molecule has 4 amide bonds. The normalized spacial score (nSPS) is 24.9. The maximum atomic E-state index is 14.6. The first-order valence-electron chi connectivity index (χ1n) is 18.0. The number of anilines is 1. The molecule has 5 rings (SSSR count). The van der Waals surface area contributed by atoms with Crippen molar-refractivity contribution in [2.24, 2.45) is 16.7 Å². The Morgan fingerprint density at radius 3 is 2.43 bits per heavy atom. The number of ether oxygens (including phenoxy) is 1. The van der Waals surface area contributed by atoms with Gasteiger partial charge in [0.25, 0.3) is 5.91 Å². The number of halogens is 1. The molecule has 2 aliphatic carbocycles. The number of nitrogens with one attached hydrogen (secondary N) is 2. The molecule has 1 aromatic carbocycles. The van der Waals surface area contributed by atoms with Crippen LogP contribution in [-0.4, -0.2) is 83.0 Å². The van der Waals surface area contributed by atoms with Crippen LogP contribution in [0.3, 0.4) is 0 Å². The number of hydrogen-bond acceptors (Lipinski definition) is 7. The zero-order valence-electron chi connectivity index (χ0n) is 29.3. The van der Waals surface area contributed by atoms with Gasteiger partial charge < -0.3 is 30.3 Å². The van der Waals surface area contributed by atoms with Crippen LogP contribution in [0.15, 0.2) is 24.3 Å². The largest absolute Gasteiger partial charge is 0.458 e. The lowest BCUT2D eigenvalue weighted by atomic mass is 9.84.